The van der Waals surface area contributed by atoms with Gasteiger partial charge in [-0.25, -0.2) is 31.9 Å². The number of aryl methyl sites for hydroxylation is 2. The predicted octanol–water partition coefficient (Wildman–Crippen LogP) is 5.48. The molecule has 1 N–H and O–H groups in total. The van der Waals surface area contributed by atoms with E-state index in [1.54, 1.807) is 56.3 Å². The van der Waals surface area contributed by atoms with E-state index in [9.17, 15) is 36.0 Å². The summed E-state index contributed by atoms with van der Waals surface area (Å²) in [5.41, 5.74) is 1.95. The molecule has 266 valence electrons. The molecule has 3 amide bonds. The first-order chi connectivity index (χ1) is 23.7. The third kappa shape index (κ3) is 8.07. The van der Waals surface area contributed by atoms with Gasteiger partial charge in [-0.1, -0.05) is 68.3 Å². The lowest BCUT2D eigenvalue weighted by atomic mass is 9.89. The van der Waals surface area contributed by atoms with Crippen LogP contribution in [0.3, 0.4) is 0 Å². The minimum atomic E-state index is -4.60. The molecule has 5 rings (SSSR count). The number of hydrogen-bond donors (Lipinski definition) is 1. The van der Waals surface area contributed by atoms with Crippen molar-refractivity contribution < 1.29 is 40.7 Å². The molecule has 0 saturated carbocycles. The lowest BCUT2D eigenvalue weighted by Gasteiger charge is -2.25. The number of halogens is 3. The second kappa shape index (κ2) is 14.9. The van der Waals surface area contributed by atoms with Crippen molar-refractivity contribution in [1.82, 2.24) is 24.2 Å². The third-order valence-electron chi connectivity index (χ3n) is 8.55. The fourth-order valence-electron chi connectivity index (χ4n) is 5.82. The number of ketones is 1. The Labute approximate surface area is 287 Å². The number of ether oxygens (including phenoxy) is 1. The number of alkyl halides is 3. The Morgan fingerprint density at radius 2 is 1.70 bits per heavy atom. The van der Waals surface area contributed by atoms with Crippen LogP contribution in [-0.4, -0.2) is 77.5 Å². The second-order valence-corrected chi connectivity index (χ2v) is 13.8. The van der Waals surface area contributed by atoms with Crippen molar-refractivity contribution in [2.45, 2.75) is 51.3 Å². The van der Waals surface area contributed by atoms with E-state index in [0.29, 0.717) is 12.0 Å². The van der Waals surface area contributed by atoms with E-state index in [1.807, 2.05) is 12.2 Å². The molecule has 3 heterocycles. The first-order valence-electron chi connectivity index (χ1n) is 16.0. The maximum absolute atomic E-state index is 13.9. The van der Waals surface area contributed by atoms with E-state index < -0.39 is 53.1 Å². The van der Waals surface area contributed by atoms with Crippen molar-refractivity contribution in [3.8, 4) is 0 Å². The van der Waals surface area contributed by atoms with E-state index in [2.05, 4.69) is 9.97 Å². The fourth-order valence-corrected chi connectivity index (χ4v) is 7.11. The first kappa shape index (κ1) is 36.3. The van der Waals surface area contributed by atoms with Gasteiger partial charge in [-0.05, 0) is 43.0 Å². The number of aromatic nitrogens is 3. The molecule has 0 aliphatic carbocycles. The van der Waals surface area contributed by atoms with Gasteiger partial charge in [0.15, 0.2) is 17.2 Å². The number of nitrogens with zero attached hydrogens (tertiary/aromatic N) is 5. The summed E-state index contributed by atoms with van der Waals surface area (Å²) < 4.78 is 71.9. The quantitative estimate of drug-likeness (QED) is 0.215. The average Bonchev–Trinajstić information content (AvgIpc) is 3.73. The number of carbonyl (C=O) groups excluding carboxylic acids is 3. The fraction of sp³-hybridized carbons (Fsp3) is 0.382. The molecule has 2 aromatic carbocycles. The van der Waals surface area contributed by atoms with Gasteiger partial charge in [0.25, 0.3) is 10.0 Å². The second-order valence-electron chi connectivity index (χ2n) is 12.0. The summed E-state index contributed by atoms with van der Waals surface area (Å²) in [6.07, 6.45) is -3.55. The van der Waals surface area contributed by atoms with E-state index in [0.717, 1.165) is 14.4 Å². The summed E-state index contributed by atoms with van der Waals surface area (Å²) in [4.78, 5) is 51.7. The molecular weight excluding hydrogens is 677 g/mol. The van der Waals surface area contributed by atoms with E-state index in [4.69, 9.17) is 4.74 Å². The van der Waals surface area contributed by atoms with Crippen LogP contribution in [0.1, 0.15) is 37.1 Å². The molecule has 0 bridgehead atoms. The first-order valence-corrected chi connectivity index (χ1v) is 17.5. The number of Topliss-reactive ketones (excluding diaryl/α,β-unsaturated/α-hetero) is 1. The molecule has 12 nitrogen and oxygen atoms in total. The van der Waals surface area contributed by atoms with Crippen molar-refractivity contribution in [3.05, 3.63) is 83.7 Å². The van der Waals surface area contributed by atoms with Gasteiger partial charge in [0, 0.05) is 25.2 Å². The Morgan fingerprint density at radius 3 is 2.34 bits per heavy atom. The van der Waals surface area contributed by atoms with Gasteiger partial charge in [-0.3, -0.25) is 9.69 Å². The number of amides is 3. The number of benzene rings is 2. The number of likely N-dealkylation sites (tertiary alicyclic amines) is 1. The molecule has 4 aromatic rings. The molecule has 50 heavy (non-hydrogen) atoms. The maximum atomic E-state index is 13.9. The van der Waals surface area contributed by atoms with Crippen LogP contribution in [0.4, 0.5) is 28.6 Å². The van der Waals surface area contributed by atoms with Crippen molar-refractivity contribution >= 4 is 44.9 Å². The highest BCUT2D eigenvalue weighted by Crippen LogP contribution is 2.30. The Morgan fingerprint density at radius 1 is 1.00 bits per heavy atom. The van der Waals surface area contributed by atoms with Gasteiger partial charge in [0.1, 0.15) is 18.7 Å². The SMILES string of the molecule is CCc1nc2c(ccn2S(=O)(=O)c2ccc(C)cc2)nc1N(CC(=O)[C@H]1CN(C(=O)NCC(F)(F)F)C[C@H]1CC)C(=O)OCc1ccccc1. The number of urea groups is 1. The minimum Gasteiger partial charge on any atom is -0.444 e. The summed E-state index contributed by atoms with van der Waals surface area (Å²) in [5.74, 6) is -1.63. The molecule has 0 spiro atoms. The topological polar surface area (TPSA) is 144 Å². The van der Waals surface area contributed by atoms with Gasteiger partial charge in [0.05, 0.1) is 17.1 Å². The molecule has 1 aliphatic heterocycles. The molecule has 1 saturated heterocycles. The highest BCUT2D eigenvalue weighted by Gasteiger charge is 2.41. The lowest BCUT2D eigenvalue weighted by molar-refractivity contribution is -0.124. The summed E-state index contributed by atoms with van der Waals surface area (Å²) in [6.45, 7) is 3.12. The van der Waals surface area contributed by atoms with Crippen molar-refractivity contribution in [1.29, 1.82) is 0 Å². The normalized spacial score (nSPS) is 16.4. The summed E-state index contributed by atoms with van der Waals surface area (Å²) in [5, 5.41) is 1.85. The number of rotatable bonds is 11. The van der Waals surface area contributed by atoms with Crippen LogP contribution in [0.2, 0.25) is 0 Å². The summed E-state index contributed by atoms with van der Waals surface area (Å²) in [7, 11) is -4.06. The van der Waals surface area contributed by atoms with E-state index >= 15 is 0 Å². The van der Waals surface area contributed by atoms with Gasteiger partial charge in [0.2, 0.25) is 0 Å². The lowest BCUT2D eigenvalue weighted by Crippen LogP contribution is -2.44. The minimum absolute atomic E-state index is 0.0114. The monoisotopic (exact) mass is 714 g/mol. The van der Waals surface area contributed by atoms with Crippen LogP contribution >= 0.6 is 0 Å². The molecule has 2 atom stereocenters. The zero-order valence-corrected chi connectivity index (χ0v) is 28.5. The molecule has 1 fully saturated rings. The van der Waals surface area contributed by atoms with Gasteiger partial charge < -0.3 is 15.0 Å². The Hall–Kier alpha value is -4.99. The van der Waals surface area contributed by atoms with Gasteiger partial charge in [-0.15, -0.1) is 0 Å². The van der Waals surface area contributed by atoms with E-state index in [1.165, 1.54) is 29.3 Å². The van der Waals surface area contributed by atoms with Crippen LogP contribution in [0.25, 0.3) is 11.2 Å². The van der Waals surface area contributed by atoms with Crippen molar-refractivity contribution in [2.75, 3.05) is 31.1 Å². The van der Waals surface area contributed by atoms with Crippen LogP contribution in [-0.2, 0) is 32.6 Å². The zero-order valence-electron chi connectivity index (χ0n) is 27.7. The molecule has 0 radical (unpaired) electrons. The number of anilines is 1. The van der Waals surface area contributed by atoms with Crippen molar-refractivity contribution in [2.24, 2.45) is 11.8 Å². The van der Waals surface area contributed by atoms with Crippen LogP contribution < -0.4 is 10.2 Å². The van der Waals surface area contributed by atoms with Crippen LogP contribution in [0.15, 0.2) is 71.8 Å². The van der Waals surface area contributed by atoms with Crippen molar-refractivity contribution in [3.63, 3.8) is 0 Å². The smallest absolute Gasteiger partial charge is 0.416 e. The maximum Gasteiger partial charge on any atom is 0.416 e. The number of carbonyl (C=O) groups is 3. The highest BCUT2D eigenvalue weighted by molar-refractivity contribution is 7.90. The van der Waals surface area contributed by atoms with Gasteiger partial charge >= 0.3 is 18.3 Å². The Bertz CT molecular complexity index is 1970. The molecule has 2 aromatic heterocycles. The number of hydrogen-bond acceptors (Lipinski definition) is 8. The zero-order chi connectivity index (χ0) is 36.2. The van der Waals surface area contributed by atoms with E-state index in [-0.39, 0.29) is 59.6 Å². The molecular formula is C34H37F3N6O6S. The Balaban J connectivity index is 1.47. The molecule has 16 heteroatoms. The van der Waals surface area contributed by atoms with Gasteiger partial charge in [-0.2, -0.15) is 13.2 Å². The van der Waals surface area contributed by atoms with Crippen LogP contribution in [0.5, 0.6) is 0 Å². The third-order valence-corrected chi connectivity index (χ3v) is 10.2. The largest absolute Gasteiger partial charge is 0.444 e. The highest BCUT2D eigenvalue weighted by atomic mass is 32.2. The average molecular weight is 715 g/mol. The Kier molecular flexibility index (Phi) is 10.8. The summed E-state index contributed by atoms with van der Waals surface area (Å²) >= 11 is 0. The number of nitrogens with one attached hydrogen (secondary N) is 1. The molecule has 1 aliphatic rings. The molecule has 0 unspecified atom stereocenters. The standard InChI is InChI=1S/C34H37F3N6O6S/c1-4-24-17-41(32(45)38-21-34(35,36)37)18-26(24)29(44)19-42(33(46)49-20-23-9-7-6-8-10-23)30-27(5-2)39-31-28(40-30)15-16-43(31)50(47,48)25-13-11-22(3)12-14-25/h6-16,24,26H,4-5,17-21H2,1-3H3,(H,38,45)/t24-,26+/m1/s1. The predicted molar refractivity (Wildman–Crippen MR) is 178 cm³/mol. The van der Waals surface area contributed by atoms with Crippen LogP contribution in [0, 0.1) is 18.8 Å². The summed E-state index contributed by atoms with van der Waals surface area (Å²) in [6, 6.07) is 15.7. The number of fused-ring (bicyclic) bond motifs is 1.